The van der Waals surface area contributed by atoms with E-state index in [2.05, 4.69) is 5.32 Å². The molecule has 0 unspecified atom stereocenters. The Morgan fingerprint density at radius 2 is 2.00 bits per heavy atom. The monoisotopic (exact) mass is 279 g/mol. The largest absolute Gasteiger partial charge is 0.481 e. The molecule has 6 nitrogen and oxygen atoms in total. The van der Waals surface area contributed by atoms with Crippen LogP contribution in [0.2, 0.25) is 0 Å². The van der Waals surface area contributed by atoms with Crippen molar-refractivity contribution in [1.29, 1.82) is 0 Å². The van der Waals surface area contributed by atoms with Gasteiger partial charge in [-0.05, 0) is 38.5 Å². The number of benzene rings is 1. The van der Waals surface area contributed by atoms with Crippen molar-refractivity contribution < 1.29 is 24.2 Å². The van der Waals surface area contributed by atoms with Crippen LogP contribution in [0.3, 0.4) is 0 Å². The molecule has 1 heterocycles. The Morgan fingerprint density at radius 1 is 1.30 bits per heavy atom. The summed E-state index contributed by atoms with van der Waals surface area (Å²) < 4.78 is 10.4. The lowest BCUT2D eigenvalue weighted by Gasteiger charge is -2.25. The summed E-state index contributed by atoms with van der Waals surface area (Å²) in [7, 11) is 0. The van der Waals surface area contributed by atoms with Crippen LogP contribution >= 0.6 is 0 Å². The van der Waals surface area contributed by atoms with Crippen molar-refractivity contribution in [3.05, 3.63) is 23.8 Å². The highest BCUT2D eigenvalue weighted by Crippen LogP contribution is 2.32. The second-order valence-corrected chi connectivity index (χ2v) is 5.30. The van der Waals surface area contributed by atoms with Crippen LogP contribution in [0.25, 0.3) is 0 Å². The molecule has 0 atom stereocenters. The number of amides is 1. The second kappa shape index (κ2) is 5.40. The lowest BCUT2D eigenvalue weighted by molar-refractivity contribution is -0.137. The third-order valence-corrected chi connectivity index (χ3v) is 3.05. The van der Waals surface area contributed by atoms with Crippen molar-refractivity contribution in [3.8, 4) is 11.5 Å². The first-order chi connectivity index (χ1) is 9.37. The highest BCUT2D eigenvalue weighted by Gasteiger charge is 2.23. The minimum atomic E-state index is -0.879. The summed E-state index contributed by atoms with van der Waals surface area (Å²) in [4.78, 5) is 22.7. The molecule has 6 heteroatoms. The molecule has 1 aromatic rings. The Hall–Kier alpha value is -2.24. The van der Waals surface area contributed by atoms with E-state index in [1.54, 1.807) is 32.0 Å². The summed E-state index contributed by atoms with van der Waals surface area (Å²) in [5.74, 6) is 0.0155. The fourth-order valence-electron chi connectivity index (χ4n) is 1.90. The highest BCUT2D eigenvalue weighted by atomic mass is 16.7. The molecule has 0 bridgehead atoms. The minimum absolute atomic E-state index is 0.00835. The molecule has 1 amide bonds. The van der Waals surface area contributed by atoms with Crippen LogP contribution in [0.5, 0.6) is 11.5 Å². The summed E-state index contributed by atoms with van der Waals surface area (Å²) >= 11 is 0. The molecule has 2 N–H and O–H groups in total. The van der Waals surface area contributed by atoms with E-state index in [1.807, 2.05) is 0 Å². The predicted octanol–water partition coefficient (Wildman–Crippen LogP) is 1.79. The Kier molecular flexibility index (Phi) is 3.83. The topological polar surface area (TPSA) is 84.9 Å². The van der Waals surface area contributed by atoms with Crippen LogP contribution in [0.4, 0.5) is 0 Å². The average Bonchev–Trinajstić information content (AvgIpc) is 2.83. The maximum absolute atomic E-state index is 12.1. The van der Waals surface area contributed by atoms with Gasteiger partial charge in [0.2, 0.25) is 6.79 Å². The van der Waals surface area contributed by atoms with Crippen molar-refractivity contribution in [2.45, 2.75) is 32.2 Å². The molecule has 0 radical (unpaired) electrons. The molecule has 20 heavy (non-hydrogen) atoms. The van der Waals surface area contributed by atoms with Gasteiger partial charge in [0.05, 0.1) is 0 Å². The molecule has 2 rings (SSSR count). The molecule has 108 valence electrons. The molecular weight excluding hydrogens is 262 g/mol. The first kappa shape index (κ1) is 14.2. The van der Waals surface area contributed by atoms with Gasteiger partial charge >= 0.3 is 5.97 Å². The predicted molar refractivity (Wildman–Crippen MR) is 71.0 cm³/mol. The van der Waals surface area contributed by atoms with Gasteiger partial charge in [0.15, 0.2) is 11.5 Å². The van der Waals surface area contributed by atoms with Gasteiger partial charge in [-0.15, -0.1) is 0 Å². The number of hydrogen-bond acceptors (Lipinski definition) is 4. The van der Waals surface area contributed by atoms with Crippen LogP contribution in [-0.4, -0.2) is 29.3 Å². The quantitative estimate of drug-likeness (QED) is 0.858. The number of carboxylic acids is 1. The Balaban J connectivity index is 2.02. The number of aliphatic carboxylic acids is 1. The number of fused-ring (bicyclic) bond motifs is 1. The third-order valence-electron chi connectivity index (χ3n) is 3.05. The molecular formula is C14H17NO5. The van der Waals surface area contributed by atoms with Gasteiger partial charge in [-0.3, -0.25) is 9.59 Å². The maximum Gasteiger partial charge on any atom is 0.303 e. The minimum Gasteiger partial charge on any atom is -0.481 e. The van der Waals surface area contributed by atoms with Gasteiger partial charge in [-0.25, -0.2) is 0 Å². The number of rotatable bonds is 5. The van der Waals surface area contributed by atoms with Gasteiger partial charge in [0.25, 0.3) is 5.91 Å². The summed E-state index contributed by atoms with van der Waals surface area (Å²) in [5, 5.41) is 11.5. The van der Waals surface area contributed by atoms with Crippen molar-refractivity contribution in [1.82, 2.24) is 5.32 Å². The number of carboxylic acid groups (broad SMARTS) is 1. The van der Waals surface area contributed by atoms with E-state index in [1.165, 1.54) is 0 Å². The maximum atomic E-state index is 12.1. The number of nitrogens with one attached hydrogen (secondary N) is 1. The fraction of sp³-hybridized carbons (Fsp3) is 0.429. The molecule has 0 aliphatic carbocycles. The van der Waals surface area contributed by atoms with Crippen molar-refractivity contribution >= 4 is 11.9 Å². The number of carbonyl (C=O) groups is 2. The molecule has 0 spiro atoms. The third kappa shape index (κ3) is 3.40. The Labute approximate surface area is 116 Å². The summed E-state index contributed by atoms with van der Waals surface area (Å²) in [5.41, 5.74) is -0.135. The van der Waals surface area contributed by atoms with Crippen LogP contribution in [0.1, 0.15) is 37.0 Å². The zero-order chi connectivity index (χ0) is 14.8. The summed E-state index contributed by atoms with van der Waals surface area (Å²) in [6, 6.07) is 4.95. The normalized spacial score (nSPS) is 13.1. The Bertz CT molecular complexity index is 538. The first-order valence-electron chi connectivity index (χ1n) is 6.31. The lowest BCUT2D eigenvalue weighted by Crippen LogP contribution is -2.43. The van der Waals surface area contributed by atoms with Gasteiger partial charge in [0, 0.05) is 17.5 Å². The molecule has 1 aliphatic heterocycles. The molecule has 0 fully saturated rings. The molecule has 0 saturated carbocycles. The van der Waals surface area contributed by atoms with Crippen molar-refractivity contribution in [2.75, 3.05) is 6.79 Å². The number of hydrogen-bond donors (Lipinski definition) is 2. The molecule has 0 aromatic heterocycles. The van der Waals surface area contributed by atoms with Gasteiger partial charge < -0.3 is 19.9 Å². The van der Waals surface area contributed by atoms with Crippen molar-refractivity contribution in [2.24, 2.45) is 0 Å². The van der Waals surface area contributed by atoms with E-state index < -0.39 is 11.5 Å². The molecule has 0 saturated heterocycles. The lowest BCUT2D eigenvalue weighted by atomic mass is 9.97. The van der Waals surface area contributed by atoms with Gasteiger partial charge in [0.1, 0.15) is 0 Å². The zero-order valence-electron chi connectivity index (χ0n) is 11.4. The van der Waals surface area contributed by atoms with Gasteiger partial charge in [-0.1, -0.05) is 0 Å². The summed E-state index contributed by atoms with van der Waals surface area (Å²) in [6.45, 7) is 3.74. The van der Waals surface area contributed by atoms with E-state index in [0.29, 0.717) is 23.5 Å². The second-order valence-electron chi connectivity index (χ2n) is 5.30. The molecule has 1 aromatic carbocycles. The van der Waals surface area contributed by atoms with Crippen LogP contribution in [0.15, 0.2) is 18.2 Å². The smallest absolute Gasteiger partial charge is 0.303 e. The van der Waals surface area contributed by atoms with Crippen LogP contribution in [-0.2, 0) is 4.79 Å². The summed E-state index contributed by atoms with van der Waals surface area (Å²) in [6.07, 6.45) is 0.368. The van der Waals surface area contributed by atoms with E-state index in [-0.39, 0.29) is 19.1 Å². The van der Waals surface area contributed by atoms with Gasteiger partial charge in [-0.2, -0.15) is 0 Å². The van der Waals surface area contributed by atoms with Crippen molar-refractivity contribution in [3.63, 3.8) is 0 Å². The van der Waals surface area contributed by atoms with Crippen LogP contribution < -0.4 is 14.8 Å². The number of ether oxygens (including phenoxy) is 2. The van der Waals surface area contributed by atoms with E-state index in [0.717, 1.165) is 0 Å². The van der Waals surface area contributed by atoms with E-state index >= 15 is 0 Å². The zero-order valence-corrected chi connectivity index (χ0v) is 11.4. The Morgan fingerprint density at radius 3 is 2.70 bits per heavy atom. The standard InChI is InChI=1S/C14H17NO5/c1-14(2,6-5-12(16)17)15-13(18)9-3-4-10-11(7-9)20-8-19-10/h3-4,7H,5-6,8H2,1-2H3,(H,15,18)(H,16,17). The van der Waals surface area contributed by atoms with E-state index in [4.69, 9.17) is 14.6 Å². The highest BCUT2D eigenvalue weighted by molar-refractivity contribution is 5.95. The number of carbonyl (C=O) groups excluding carboxylic acids is 1. The molecule has 1 aliphatic rings. The van der Waals surface area contributed by atoms with E-state index in [9.17, 15) is 9.59 Å². The average molecular weight is 279 g/mol. The SMILES string of the molecule is CC(C)(CCC(=O)O)NC(=O)c1ccc2c(c1)OCO2. The first-order valence-corrected chi connectivity index (χ1v) is 6.31. The van der Waals surface area contributed by atoms with Crippen LogP contribution in [0, 0.1) is 0 Å². The fourth-order valence-corrected chi connectivity index (χ4v) is 1.90.